The lowest BCUT2D eigenvalue weighted by atomic mass is 10.3. The van der Waals surface area contributed by atoms with Crippen molar-refractivity contribution < 1.29 is 23.8 Å². The summed E-state index contributed by atoms with van der Waals surface area (Å²) in [5.74, 6) is -0.303. The van der Waals surface area contributed by atoms with Gasteiger partial charge in [0.25, 0.3) is 5.91 Å². The maximum Gasteiger partial charge on any atom is 0.307 e. The molecule has 0 N–H and O–H groups in total. The third-order valence-electron chi connectivity index (χ3n) is 2.98. The highest BCUT2D eigenvalue weighted by atomic mass is 35.5. The van der Waals surface area contributed by atoms with E-state index in [-0.39, 0.29) is 31.4 Å². The van der Waals surface area contributed by atoms with Crippen molar-refractivity contribution in [2.45, 2.75) is 6.42 Å². The summed E-state index contributed by atoms with van der Waals surface area (Å²) in [6, 6.07) is 4.74. The Labute approximate surface area is 145 Å². The summed E-state index contributed by atoms with van der Waals surface area (Å²) in [6.07, 6.45) is 0.105. The number of amides is 1. The third kappa shape index (κ3) is 7.07. The monoisotopic (exact) mass is 363 g/mol. The number of methoxy groups -OCH3 is 2. The summed E-state index contributed by atoms with van der Waals surface area (Å²) in [5, 5.41) is 0.803. The van der Waals surface area contributed by atoms with E-state index in [0.717, 1.165) is 0 Å². The van der Waals surface area contributed by atoms with E-state index in [0.29, 0.717) is 28.9 Å². The minimum absolute atomic E-state index is 0.105. The average molecular weight is 364 g/mol. The first kappa shape index (κ1) is 19.5. The second-order valence-corrected chi connectivity index (χ2v) is 5.41. The van der Waals surface area contributed by atoms with Gasteiger partial charge in [-0.25, -0.2) is 0 Å². The highest BCUT2D eigenvalue weighted by Crippen LogP contribution is 2.27. The topological polar surface area (TPSA) is 65.1 Å². The molecular weight excluding hydrogens is 345 g/mol. The van der Waals surface area contributed by atoms with Crippen LogP contribution in [0, 0.1) is 0 Å². The molecule has 0 heterocycles. The Kier molecular flexibility index (Phi) is 8.76. The first-order valence-electron chi connectivity index (χ1n) is 6.89. The van der Waals surface area contributed by atoms with Crippen molar-refractivity contribution in [2.75, 3.05) is 40.5 Å². The fourth-order valence-corrected chi connectivity index (χ4v) is 2.18. The van der Waals surface area contributed by atoms with Crippen LogP contribution >= 0.6 is 23.2 Å². The van der Waals surface area contributed by atoms with Gasteiger partial charge in [-0.05, 0) is 18.2 Å². The van der Waals surface area contributed by atoms with Gasteiger partial charge in [-0.3, -0.25) is 9.59 Å². The van der Waals surface area contributed by atoms with Gasteiger partial charge in [-0.15, -0.1) is 0 Å². The number of ether oxygens (including phenoxy) is 3. The van der Waals surface area contributed by atoms with Crippen LogP contribution in [0.1, 0.15) is 6.42 Å². The summed E-state index contributed by atoms with van der Waals surface area (Å²) in [4.78, 5) is 24.9. The van der Waals surface area contributed by atoms with Crippen LogP contribution in [0.2, 0.25) is 10.0 Å². The maximum atomic E-state index is 12.2. The second-order valence-electron chi connectivity index (χ2n) is 4.56. The normalized spacial score (nSPS) is 10.3. The van der Waals surface area contributed by atoms with Gasteiger partial charge in [-0.2, -0.15) is 0 Å². The van der Waals surface area contributed by atoms with E-state index in [2.05, 4.69) is 4.74 Å². The standard InChI is InChI=1S/C15H19Cl2NO5/c1-21-8-7-18(6-5-15(20)22-2)14(19)10-23-13-4-3-11(16)9-12(13)17/h3-4,9H,5-8,10H2,1-2H3. The largest absolute Gasteiger partial charge is 0.482 e. The minimum atomic E-state index is -0.387. The fraction of sp³-hybridized carbons (Fsp3) is 0.467. The van der Waals surface area contributed by atoms with Crippen molar-refractivity contribution in [1.82, 2.24) is 4.90 Å². The predicted molar refractivity (Wildman–Crippen MR) is 87.0 cm³/mol. The molecule has 0 unspecified atom stereocenters. The molecule has 0 bridgehead atoms. The first-order chi connectivity index (χ1) is 11.0. The molecule has 0 aromatic heterocycles. The molecule has 1 aromatic carbocycles. The van der Waals surface area contributed by atoms with Crippen molar-refractivity contribution >= 4 is 35.1 Å². The van der Waals surface area contributed by atoms with E-state index in [9.17, 15) is 9.59 Å². The van der Waals surface area contributed by atoms with Crippen molar-refractivity contribution in [1.29, 1.82) is 0 Å². The molecule has 1 rings (SSSR count). The van der Waals surface area contributed by atoms with Crippen molar-refractivity contribution in [3.63, 3.8) is 0 Å². The van der Waals surface area contributed by atoms with Gasteiger partial charge in [0.1, 0.15) is 5.75 Å². The summed E-state index contributed by atoms with van der Waals surface area (Å²) >= 11 is 11.8. The van der Waals surface area contributed by atoms with Crippen LogP contribution in [0.5, 0.6) is 5.75 Å². The van der Waals surface area contributed by atoms with Crippen LogP contribution in [-0.4, -0.2) is 57.3 Å². The van der Waals surface area contributed by atoms with Gasteiger partial charge < -0.3 is 19.1 Å². The minimum Gasteiger partial charge on any atom is -0.482 e. The third-order valence-corrected chi connectivity index (χ3v) is 3.51. The Morgan fingerprint density at radius 3 is 2.52 bits per heavy atom. The smallest absolute Gasteiger partial charge is 0.307 e. The van der Waals surface area contributed by atoms with Crippen molar-refractivity contribution in [3.05, 3.63) is 28.2 Å². The lowest BCUT2D eigenvalue weighted by Gasteiger charge is -2.22. The molecule has 0 aliphatic rings. The molecule has 0 atom stereocenters. The number of carbonyl (C=O) groups excluding carboxylic acids is 2. The molecule has 0 radical (unpaired) electrons. The van der Waals surface area contributed by atoms with Gasteiger partial charge in [0.2, 0.25) is 0 Å². The lowest BCUT2D eigenvalue weighted by Crippen LogP contribution is -2.38. The van der Waals surface area contributed by atoms with E-state index in [1.165, 1.54) is 25.2 Å². The molecule has 23 heavy (non-hydrogen) atoms. The molecule has 1 amide bonds. The summed E-state index contributed by atoms with van der Waals surface area (Å²) in [6.45, 7) is 0.734. The number of benzene rings is 1. The number of esters is 1. The van der Waals surface area contributed by atoms with E-state index >= 15 is 0 Å². The Hall–Kier alpha value is -1.50. The lowest BCUT2D eigenvalue weighted by molar-refractivity contribution is -0.142. The van der Waals surface area contributed by atoms with Gasteiger partial charge in [0.15, 0.2) is 6.61 Å². The van der Waals surface area contributed by atoms with Crippen LogP contribution < -0.4 is 4.74 Å². The summed E-state index contributed by atoms with van der Waals surface area (Å²) < 4.78 is 14.9. The molecule has 0 saturated carbocycles. The van der Waals surface area contributed by atoms with Gasteiger partial charge in [0.05, 0.1) is 25.2 Å². The molecule has 6 nitrogen and oxygen atoms in total. The van der Waals surface area contributed by atoms with Gasteiger partial charge >= 0.3 is 5.97 Å². The molecule has 0 aliphatic heterocycles. The molecule has 8 heteroatoms. The van der Waals surface area contributed by atoms with Crippen molar-refractivity contribution in [3.8, 4) is 5.75 Å². The van der Waals surface area contributed by atoms with Crippen LogP contribution in [0.3, 0.4) is 0 Å². The SMILES string of the molecule is COCCN(CCC(=O)OC)C(=O)COc1ccc(Cl)cc1Cl. The quantitative estimate of drug-likeness (QED) is 0.630. The van der Waals surface area contributed by atoms with E-state index in [4.69, 9.17) is 32.7 Å². The number of hydrogen-bond donors (Lipinski definition) is 0. The van der Waals surface area contributed by atoms with E-state index in [1.807, 2.05) is 0 Å². The number of carbonyl (C=O) groups is 2. The molecule has 1 aromatic rings. The zero-order valence-electron chi connectivity index (χ0n) is 13.0. The van der Waals surface area contributed by atoms with E-state index < -0.39 is 0 Å². The van der Waals surface area contributed by atoms with E-state index in [1.54, 1.807) is 12.1 Å². The Morgan fingerprint density at radius 2 is 1.91 bits per heavy atom. The molecular formula is C15H19Cl2NO5. The van der Waals surface area contributed by atoms with Crippen LogP contribution in [-0.2, 0) is 19.1 Å². The zero-order chi connectivity index (χ0) is 17.2. The van der Waals surface area contributed by atoms with Crippen LogP contribution in [0.15, 0.2) is 18.2 Å². The predicted octanol–water partition coefficient (Wildman–Crippen LogP) is 2.41. The van der Waals surface area contributed by atoms with Gasteiger partial charge in [-0.1, -0.05) is 23.2 Å². The zero-order valence-corrected chi connectivity index (χ0v) is 14.5. The van der Waals surface area contributed by atoms with Crippen molar-refractivity contribution in [2.24, 2.45) is 0 Å². The molecule has 128 valence electrons. The second kappa shape index (κ2) is 10.3. The number of rotatable bonds is 9. The molecule has 0 spiro atoms. The Morgan fingerprint density at radius 1 is 1.17 bits per heavy atom. The highest BCUT2D eigenvalue weighted by molar-refractivity contribution is 6.35. The van der Waals surface area contributed by atoms with Crippen LogP contribution in [0.25, 0.3) is 0 Å². The molecule has 0 aliphatic carbocycles. The Bertz CT molecular complexity index is 539. The number of nitrogens with zero attached hydrogens (tertiary/aromatic N) is 1. The number of halogens is 2. The maximum absolute atomic E-state index is 12.2. The highest BCUT2D eigenvalue weighted by Gasteiger charge is 2.16. The molecule has 0 saturated heterocycles. The summed E-state index contributed by atoms with van der Waals surface area (Å²) in [5.41, 5.74) is 0. The fourth-order valence-electron chi connectivity index (χ4n) is 1.71. The Balaban J connectivity index is 2.59. The first-order valence-corrected chi connectivity index (χ1v) is 7.65. The summed E-state index contributed by atoms with van der Waals surface area (Å²) in [7, 11) is 2.84. The van der Waals surface area contributed by atoms with Crippen LogP contribution in [0.4, 0.5) is 0 Å². The molecule has 0 fully saturated rings. The average Bonchev–Trinajstić information content (AvgIpc) is 2.53. The number of hydrogen-bond acceptors (Lipinski definition) is 5. The van der Waals surface area contributed by atoms with Gasteiger partial charge in [0, 0.05) is 25.2 Å².